The summed E-state index contributed by atoms with van der Waals surface area (Å²) in [6, 6.07) is 16.4. The van der Waals surface area contributed by atoms with Crippen molar-refractivity contribution >= 4 is 0 Å². The Hall–Kier alpha value is -2.00. The number of hydrogen-bond donors (Lipinski definition) is 1. The second-order valence-electron chi connectivity index (χ2n) is 4.76. The molecule has 0 saturated heterocycles. The van der Waals surface area contributed by atoms with Crippen molar-refractivity contribution in [3.8, 4) is 11.5 Å². The minimum Gasteiger partial charge on any atom is -0.494 e. The Morgan fingerprint density at radius 3 is 1.67 bits per heavy atom. The summed E-state index contributed by atoms with van der Waals surface area (Å²) >= 11 is 0. The molecule has 2 aromatic carbocycles. The van der Waals surface area contributed by atoms with Gasteiger partial charge in [0.1, 0.15) is 11.5 Å². The zero-order chi connectivity index (χ0) is 14.9. The normalized spacial score (nSPS) is 10.4. The van der Waals surface area contributed by atoms with E-state index in [1.807, 2.05) is 38.1 Å². The van der Waals surface area contributed by atoms with Crippen LogP contribution in [0.5, 0.6) is 11.5 Å². The molecular weight excluding hydrogens is 262 g/mol. The molecule has 2 aromatic rings. The minimum atomic E-state index is 0.696. The maximum Gasteiger partial charge on any atom is 0.119 e. The number of hydrogen-bond acceptors (Lipinski definition) is 3. The molecule has 0 fully saturated rings. The van der Waals surface area contributed by atoms with E-state index in [-0.39, 0.29) is 0 Å². The quantitative estimate of drug-likeness (QED) is 0.801. The first-order chi connectivity index (χ1) is 10.3. The van der Waals surface area contributed by atoms with Gasteiger partial charge in [-0.1, -0.05) is 24.3 Å². The van der Waals surface area contributed by atoms with Gasteiger partial charge < -0.3 is 14.8 Å². The molecule has 0 heterocycles. The van der Waals surface area contributed by atoms with Gasteiger partial charge in [-0.3, -0.25) is 0 Å². The van der Waals surface area contributed by atoms with E-state index in [1.54, 1.807) is 0 Å². The first-order valence-corrected chi connectivity index (χ1v) is 7.46. The van der Waals surface area contributed by atoms with Crippen LogP contribution in [0.25, 0.3) is 0 Å². The highest BCUT2D eigenvalue weighted by atomic mass is 16.5. The SMILES string of the molecule is CCOc1cccc(CNCc2cccc(OCC)c2)c1. The van der Waals surface area contributed by atoms with Crippen LogP contribution in [0.3, 0.4) is 0 Å². The fourth-order valence-corrected chi connectivity index (χ4v) is 2.17. The average molecular weight is 285 g/mol. The molecule has 0 aliphatic heterocycles. The molecule has 0 unspecified atom stereocenters. The largest absolute Gasteiger partial charge is 0.494 e. The number of rotatable bonds is 8. The van der Waals surface area contributed by atoms with Gasteiger partial charge in [0.2, 0.25) is 0 Å². The van der Waals surface area contributed by atoms with Crippen molar-refractivity contribution in [3.63, 3.8) is 0 Å². The smallest absolute Gasteiger partial charge is 0.119 e. The fourth-order valence-electron chi connectivity index (χ4n) is 2.17. The number of ether oxygens (including phenoxy) is 2. The highest BCUT2D eigenvalue weighted by Gasteiger charge is 1.99. The monoisotopic (exact) mass is 285 g/mol. The Kier molecular flexibility index (Phi) is 6.10. The van der Waals surface area contributed by atoms with Gasteiger partial charge in [0.05, 0.1) is 13.2 Å². The molecule has 21 heavy (non-hydrogen) atoms. The van der Waals surface area contributed by atoms with Gasteiger partial charge in [0.15, 0.2) is 0 Å². The van der Waals surface area contributed by atoms with Crippen LogP contribution in [0, 0.1) is 0 Å². The first-order valence-electron chi connectivity index (χ1n) is 7.46. The first kappa shape index (κ1) is 15.4. The van der Waals surface area contributed by atoms with Gasteiger partial charge in [-0.25, -0.2) is 0 Å². The van der Waals surface area contributed by atoms with Gasteiger partial charge in [0.25, 0.3) is 0 Å². The molecule has 0 saturated carbocycles. The van der Waals surface area contributed by atoms with Crippen molar-refractivity contribution < 1.29 is 9.47 Å². The molecule has 0 aliphatic carbocycles. The summed E-state index contributed by atoms with van der Waals surface area (Å²) in [6.07, 6.45) is 0. The predicted molar refractivity (Wildman–Crippen MR) is 85.8 cm³/mol. The van der Waals surface area contributed by atoms with Gasteiger partial charge in [-0.05, 0) is 49.2 Å². The summed E-state index contributed by atoms with van der Waals surface area (Å²) in [6.45, 7) is 7.02. The third-order valence-corrected chi connectivity index (χ3v) is 3.08. The van der Waals surface area contributed by atoms with Crippen LogP contribution in [-0.2, 0) is 13.1 Å². The topological polar surface area (TPSA) is 30.5 Å². The molecule has 3 heteroatoms. The number of benzene rings is 2. The van der Waals surface area contributed by atoms with Crippen LogP contribution in [0.1, 0.15) is 25.0 Å². The van der Waals surface area contributed by atoms with Gasteiger partial charge in [0, 0.05) is 13.1 Å². The molecule has 3 nitrogen and oxygen atoms in total. The van der Waals surface area contributed by atoms with Gasteiger partial charge >= 0.3 is 0 Å². The zero-order valence-corrected chi connectivity index (χ0v) is 12.8. The molecule has 0 aliphatic rings. The van der Waals surface area contributed by atoms with E-state index in [0.717, 1.165) is 24.6 Å². The van der Waals surface area contributed by atoms with Crippen molar-refractivity contribution in [2.45, 2.75) is 26.9 Å². The summed E-state index contributed by atoms with van der Waals surface area (Å²) in [5, 5.41) is 3.45. The lowest BCUT2D eigenvalue weighted by molar-refractivity contribution is 0.339. The lowest BCUT2D eigenvalue weighted by Crippen LogP contribution is -2.12. The summed E-state index contributed by atoms with van der Waals surface area (Å²) in [5.74, 6) is 1.85. The van der Waals surface area contributed by atoms with E-state index in [2.05, 4.69) is 29.6 Å². The Morgan fingerprint density at radius 2 is 1.24 bits per heavy atom. The van der Waals surface area contributed by atoms with Crippen molar-refractivity contribution in [3.05, 3.63) is 59.7 Å². The van der Waals surface area contributed by atoms with Crippen molar-refractivity contribution in [1.29, 1.82) is 0 Å². The summed E-state index contributed by atoms with van der Waals surface area (Å²) in [4.78, 5) is 0. The maximum atomic E-state index is 5.51. The summed E-state index contributed by atoms with van der Waals surface area (Å²) in [7, 11) is 0. The lowest BCUT2D eigenvalue weighted by Gasteiger charge is -2.09. The Morgan fingerprint density at radius 1 is 0.762 bits per heavy atom. The van der Waals surface area contributed by atoms with Crippen molar-refractivity contribution in [2.24, 2.45) is 0 Å². The van der Waals surface area contributed by atoms with E-state index in [4.69, 9.17) is 9.47 Å². The van der Waals surface area contributed by atoms with Crippen LogP contribution < -0.4 is 14.8 Å². The second kappa shape index (κ2) is 8.32. The van der Waals surface area contributed by atoms with Crippen LogP contribution in [-0.4, -0.2) is 13.2 Å². The van der Waals surface area contributed by atoms with E-state index in [0.29, 0.717) is 13.2 Å². The molecule has 0 atom stereocenters. The lowest BCUT2D eigenvalue weighted by atomic mass is 10.2. The molecule has 2 rings (SSSR count). The molecule has 0 radical (unpaired) electrons. The Labute approximate surface area is 126 Å². The van der Waals surface area contributed by atoms with E-state index >= 15 is 0 Å². The third kappa shape index (κ3) is 5.12. The van der Waals surface area contributed by atoms with Crippen LogP contribution in [0.4, 0.5) is 0 Å². The molecule has 112 valence electrons. The highest BCUT2D eigenvalue weighted by molar-refractivity contribution is 5.30. The van der Waals surface area contributed by atoms with E-state index < -0.39 is 0 Å². The van der Waals surface area contributed by atoms with E-state index in [9.17, 15) is 0 Å². The molecule has 0 amide bonds. The van der Waals surface area contributed by atoms with Gasteiger partial charge in [-0.15, -0.1) is 0 Å². The Balaban J connectivity index is 1.86. The highest BCUT2D eigenvalue weighted by Crippen LogP contribution is 2.15. The molecule has 1 N–H and O–H groups in total. The minimum absolute atomic E-state index is 0.696. The standard InChI is InChI=1S/C18H23NO2/c1-3-20-17-9-5-7-15(11-17)13-19-14-16-8-6-10-18(12-16)21-4-2/h5-12,19H,3-4,13-14H2,1-2H3. The number of nitrogens with one attached hydrogen (secondary N) is 1. The zero-order valence-electron chi connectivity index (χ0n) is 12.8. The van der Waals surface area contributed by atoms with Crippen molar-refractivity contribution in [2.75, 3.05) is 13.2 Å². The predicted octanol–water partition coefficient (Wildman–Crippen LogP) is 3.77. The Bertz CT molecular complexity index is 505. The molecule has 0 bridgehead atoms. The molecular formula is C18H23NO2. The molecule has 0 spiro atoms. The summed E-state index contributed by atoms with van der Waals surface area (Å²) < 4.78 is 11.0. The van der Waals surface area contributed by atoms with E-state index in [1.165, 1.54) is 11.1 Å². The average Bonchev–Trinajstić information content (AvgIpc) is 2.49. The fraction of sp³-hybridized carbons (Fsp3) is 0.333. The maximum absolute atomic E-state index is 5.51. The van der Waals surface area contributed by atoms with Crippen LogP contribution >= 0.6 is 0 Å². The van der Waals surface area contributed by atoms with Crippen LogP contribution in [0.15, 0.2) is 48.5 Å². The van der Waals surface area contributed by atoms with Crippen molar-refractivity contribution in [1.82, 2.24) is 5.32 Å². The van der Waals surface area contributed by atoms with Crippen LogP contribution in [0.2, 0.25) is 0 Å². The second-order valence-corrected chi connectivity index (χ2v) is 4.76. The third-order valence-electron chi connectivity index (χ3n) is 3.08. The van der Waals surface area contributed by atoms with Gasteiger partial charge in [-0.2, -0.15) is 0 Å². The summed E-state index contributed by atoms with van der Waals surface area (Å²) in [5.41, 5.74) is 2.45. The molecule has 0 aromatic heterocycles.